The van der Waals surface area contributed by atoms with Gasteiger partial charge in [0.15, 0.2) is 23.0 Å². The van der Waals surface area contributed by atoms with Crippen LogP contribution in [0.4, 0.5) is 0 Å². The molecule has 0 bridgehead atoms. The van der Waals surface area contributed by atoms with E-state index in [0.717, 1.165) is 17.5 Å². The van der Waals surface area contributed by atoms with E-state index in [4.69, 9.17) is 42.1 Å². The molecular formula is C20H21Cl2NO5. The second-order valence-corrected chi connectivity index (χ2v) is 7.56. The number of aliphatic hydroxyl groups is 1. The first-order valence-electron chi connectivity index (χ1n) is 9.10. The Morgan fingerprint density at radius 2 is 1.29 bits per heavy atom. The Balaban J connectivity index is 1.62. The fourth-order valence-corrected chi connectivity index (χ4v) is 3.84. The number of fused-ring (bicyclic) bond motifs is 2. The maximum atomic E-state index is 9.90. The Hall–Kier alpha value is -1.86. The number of halogens is 2. The highest BCUT2D eigenvalue weighted by Gasteiger charge is 2.24. The molecule has 2 aromatic rings. The molecule has 0 amide bonds. The minimum atomic E-state index is -0.0528. The van der Waals surface area contributed by atoms with Crippen LogP contribution in [0, 0.1) is 0 Å². The average Bonchev–Trinajstić information content (AvgIpc) is 3.31. The molecule has 0 unspecified atom stereocenters. The molecule has 2 aromatic carbocycles. The molecular weight excluding hydrogens is 405 g/mol. The fraction of sp³-hybridized carbons (Fsp3) is 0.400. The number of aliphatic hydroxyl groups excluding tert-OH is 1. The molecule has 2 aliphatic heterocycles. The number of benzene rings is 2. The number of nitrogens with zero attached hydrogens (tertiary/aromatic N) is 1. The van der Waals surface area contributed by atoms with E-state index in [1.165, 1.54) is 0 Å². The van der Waals surface area contributed by atoms with Crippen molar-refractivity contribution in [1.82, 2.24) is 4.90 Å². The summed E-state index contributed by atoms with van der Waals surface area (Å²) in [7, 11) is 0. The molecule has 2 aliphatic rings. The maximum Gasteiger partial charge on any atom is 0.231 e. The zero-order valence-corrected chi connectivity index (χ0v) is 16.9. The topological polar surface area (TPSA) is 60.4 Å². The highest BCUT2D eigenvalue weighted by Crippen LogP contribution is 2.39. The van der Waals surface area contributed by atoms with Crippen molar-refractivity contribution in [1.29, 1.82) is 0 Å². The normalized spacial score (nSPS) is 15.3. The molecule has 0 saturated heterocycles. The molecule has 150 valence electrons. The van der Waals surface area contributed by atoms with Crippen molar-refractivity contribution >= 4 is 23.2 Å². The van der Waals surface area contributed by atoms with Crippen LogP contribution in [0.3, 0.4) is 0 Å². The Labute approximate surface area is 173 Å². The van der Waals surface area contributed by atoms with Gasteiger partial charge in [0, 0.05) is 41.3 Å². The van der Waals surface area contributed by atoms with Gasteiger partial charge in [-0.1, -0.05) is 30.1 Å². The quantitative estimate of drug-likeness (QED) is 0.716. The Morgan fingerprint density at radius 3 is 1.68 bits per heavy atom. The lowest BCUT2D eigenvalue weighted by molar-refractivity contribution is 0.106. The molecule has 6 nitrogen and oxygen atoms in total. The lowest BCUT2D eigenvalue weighted by Crippen LogP contribution is -2.36. The molecule has 28 heavy (non-hydrogen) atoms. The van der Waals surface area contributed by atoms with Gasteiger partial charge < -0.3 is 24.1 Å². The van der Waals surface area contributed by atoms with Gasteiger partial charge in [-0.25, -0.2) is 0 Å². The monoisotopic (exact) mass is 425 g/mol. The van der Waals surface area contributed by atoms with Crippen LogP contribution in [0.5, 0.6) is 23.0 Å². The summed E-state index contributed by atoms with van der Waals surface area (Å²) >= 11 is 12.9. The highest BCUT2D eigenvalue weighted by molar-refractivity contribution is 6.32. The summed E-state index contributed by atoms with van der Waals surface area (Å²) < 4.78 is 21.7. The molecule has 0 spiro atoms. The van der Waals surface area contributed by atoms with Crippen LogP contribution in [0.15, 0.2) is 24.3 Å². The number of hydrogen-bond donors (Lipinski definition) is 1. The Morgan fingerprint density at radius 1 is 0.857 bits per heavy atom. The third-order valence-electron chi connectivity index (χ3n) is 5.03. The summed E-state index contributed by atoms with van der Waals surface area (Å²) in [6.07, 6.45) is 0.779. The summed E-state index contributed by atoms with van der Waals surface area (Å²) in [5, 5.41) is 11.1. The standard InChI is InChI=1S/C20H21Cl2NO5/c1-2-14(9-24)23(7-12-3-17-19(5-15(12)21)27-10-25-17)8-13-4-18-20(6-16(13)22)28-11-26-18/h3-6,14,24H,2,7-11H2,1H3/t14-/m1/s1. The van der Waals surface area contributed by atoms with Gasteiger partial charge in [-0.2, -0.15) is 0 Å². The van der Waals surface area contributed by atoms with Crippen molar-refractivity contribution in [3.8, 4) is 23.0 Å². The SMILES string of the molecule is CC[C@H](CO)N(Cc1cc2c(cc1Cl)OCO2)Cc1cc2c(cc1Cl)OCO2. The van der Waals surface area contributed by atoms with Crippen LogP contribution >= 0.6 is 23.2 Å². The van der Waals surface area contributed by atoms with E-state index in [9.17, 15) is 5.11 Å². The van der Waals surface area contributed by atoms with Crippen molar-refractivity contribution in [2.45, 2.75) is 32.5 Å². The van der Waals surface area contributed by atoms with Crippen LogP contribution < -0.4 is 18.9 Å². The van der Waals surface area contributed by atoms with E-state index in [1.54, 1.807) is 12.1 Å². The fourth-order valence-electron chi connectivity index (χ4n) is 3.42. The van der Waals surface area contributed by atoms with Gasteiger partial charge in [-0.05, 0) is 29.7 Å². The smallest absolute Gasteiger partial charge is 0.231 e. The highest BCUT2D eigenvalue weighted by atomic mass is 35.5. The number of ether oxygens (including phenoxy) is 4. The Bertz CT molecular complexity index is 807. The summed E-state index contributed by atoms with van der Waals surface area (Å²) in [5.41, 5.74) is 1.80. The third kappa shape index (κ3) is 3.82. The van der Waals surface area contributed by atoms with Crippen LogP contribution in [-0.4, -0.2) is 36.2 Å². The van der Waals surface area contributed by atoms with Gasteiger partial charge >= 0.3 is 0 Å². The molecule has 8 heteroatoms. The second-order valence-electron chi connectivity index (χ2n) is 6.74. The summed E-state index contributed by atoms with van der Waals surface area (Å²) in [6, 6.07) is 7.27. The predicted molar refractivity (Wildman–Crippen MR) is 106 cm³/mol. The first kappa shape index (κ1) is 19.5. The van der Waals surface area contributed by atoms with Crippen LogP contribution in [0.2, 0.25) is 10.0 Å². The molecule has 0 aromatic heterocycles. The molecule has 1 atom stereocenters. The van der Waals surface area contributed by atoms with Crippen LogP contribution in [0.1, 0.15) is 24.5 Å². The summed E-state index contributed by atoms with van der Waals surface area (Å²) in [5.74, 6) is 2.65. The van der Waals surface area contributed by atoms with Crippen molar-refractivity contribution in [2.75, 3.05) is 20.2 Å². The molecule has 0 fully saturated rings. The van der Waals surface area contributed by atoms with E-state index in [0.29, 0.717) is 46.1 Å². The number of rotatable bonds is 7. The minimum Gasteiger partial charge on any atom is -0.454 e. The first-order chi connectivity index (χ1) is 13.6. The molecule has 1 N–H and O–H groups in total. The zero-order chi connectivity index (χ0) is 19.7. The lowest BCUT2D eigenvalue weighted by atomic mass is 10.1. The molecule has 0 aliphatic carbocycles. The van der Waals surface area contributed by atoms with Gasteiger partial charge in [-0.3, -0.25) is 4.90 Å². The van der Waals surface area contributed by atoms with E-state index in [-0.39, 0.29) is 26.2 Å². The maximum absolute atomic E-state index is 9.90. The van der Waals surface area contributed by atoms with Gasteiger partial charge in [0.25, 0.3) is 0 Å². The van der Waals surface area contributed by atoms with Crippen molar-refractivity contribution in [3.05, 3.63) is 45.4 Å². The van der Waals surface area contributed by atoms with Crippen molar-refractivity contribution in [3.63, 3.8) is 0 Å². The molecule has 0 saturated carbocycles. The number of hydrogen-bond acceptors (Lipinski definition) is 6. The van der Waals surface area contributed by atoms with Crippen LogP contribution in [0.25, 0.3) is 0 Å². The lowest BCUT2D eigenvalue weighted by Gasteiger charge is -2.30. The second kappa shape index (κ2) is 8.25. The Kier molecular flexibility index (Phi) is 5.73. The third-order valence-corrected chi connectivity index (χ3v) is 5.73. The van der Waals surface area contributed by atoms with Gasteiger partial charge in [0.05, 0.1) is 6.61 Å². The largest absolute Gasteiger partial charge is 0.454 e. The van der Waals surface area contributed by atoms with E-state index >= 15 is 0 Å². The van der Waals surface area contributed by atoms with Gasteiger partial charge in [0.2, 0.25) is 13.6 Å². The molecule has 2 heterocycles. The zero-order valence-electron chi connectivity index (χ0n) is 15.4. The van der Waals surface area contributed by atoms with Crippen LogP contribution in [-0.2, 0) is 13.1 Å². The summed E-state index contributed by atoms with van der Waals surface area (Å²) in [6.45, 7) is 3.51. The van der Waals surface area contributed by atoms with Gasteiger partial charge in [-0.15, -0.1) is 0 Å². The average molecular weight is 426 g/mol. The predicted octanol–water partition coefficient (Wildman–Crippen LogP) is 4.22. The van der Waals surface area contributed by atoms with Crippen molar-refractivity contribution in [2.24, 2.45) is 0 Å². The molecule has 0 radical (unpaired) electrons. The minimum absolute atomic E-state index is 0.0286. The van der Waals surface area contributed by atoms with Crippen molar-refractivity contribution < 1.29 is 24.1 Å². The van der Waals surface area contributed by atoms with E-state index in [2.05, 4.69) is 4.90 Å². The first-order valence-corrected chi connectivity index (χ1v) is 9.85. The van der Waals surface area contributed by atoms with Gasteiger partial charge in [0.1, 0.15) is 0 Å². The van der Waals surface area contributed by atoms with E-state index in [1.807, 2.05) is 19.1 Å². The van der Waals surface area contributed by atoms with E-state index < -0.39 is 0 Å². The molecule has 4 rings (SSSR count). The summed E-state index contributed by atoms with van der Waals surface area (Å²) in [4.78, 5) is 2.15.